The number of amides is 1. The van der Waals surface area contributed by atoms with Gasteiger partial charge in [-0.05, 0) is 24.5 Å². The first-order chi connectivity index (χ1) is 11.8. The summed E-state index contributed by atoms with van der Waals surface area (Å²) in [5.41, 5.74) is 8.69. The predicted octanol–water partition coefficient (Wildman–Crippen LogP) is 1.17. The maximum atomic E-state index is 12.4. The molecule has 0 spiro atoms. The van der Waals surface area contributed by atoms with Gasteiger partial charge in [0.1, 0.15) is 6.04 Å². The highest BCUT2D eigenvalue weighted by Crippen LogP contribution is 2.21. The largest absolute Gasteiger partial charge is 0.378 e. The summed E-state index contributed by atoms with van der Waals surface area (Å²) in [6, 6.07) is 8.54. The van der Waals surface area contributed by atoms with Crippen LogP contribution in [-0.2, 0) is 16.1 Å². The van der Waals surface area contributed by atoms with E-state index in [9.17, 15) is 4.79 Å². The van der Waals surface area contributed by atoms with Crippen LogP contribution < -0.4 is 21.1 Å². The highest BCUT2D eigenvalue weighted by atomic mass is 16.5. The lowest BCUT2D eigenvalue weighted by atomic mass is 10.1. The molecule has 0 saturated carbocycles. The maximum Gasteiger partial charge on any atom is 0.238 e. The number of hydrazine groups is 1. The zero-order valence-electron chi connectivity index (χ0n) is 14.4. The number of morpholine rings is 1. The van der Waals surface area contributed by atoms with E-state index < -0.39 is 0 Å². The molecular weight excluding hydrogens is 304 g/mol. The quantitative estimate of drug-likeness (QED) is 0.730. The second kappa shape index (κ2) is 8.46. The zero-order valence-corrected chi connectivity index (χ0v) is 14.4. The van der Waals surface area contributed by atoms with E-state index in [1.54, 1.807) is 0 Å². The highest BCUT2D eigenvalue weighted by molar-refractivity contribution is 5.82. The highest BCUT2D eigenvalue weighted by Gasteiger charge is 2.28. The molecule has 2 fully saturated rings. The van der Waals surface area contributed by atoms with Crippen LogP contribution in [0.2, 0.25) is 0 Å². The van der Waals surface area contributed by atoms with E-state index in [1.807, 2.05) is 12.1 Å². The van der Waals surface area contributed by atoms with Gasteiger partial charge in [-0.25, -0.2) is 5.43 Å². The molecule has 1 aromatic carbocycles. The Hall–Kier alpha value is -1.63. The molecule has 1 amide bonds. The van der Waals surface area contributed by atoms with Gasteiger partial charge in [-0.3, -0.25) is 10.2 Å². The molecule has 2 aliphatic heterocycles. The number of carbonyl (C=O) groups excluding carboxylic acids is 1. The molecule has 2 heterocycles. The molecular formula is C18H28N4O2. The Labute approximate surface area is 143 Å². The number of ether oxygens (including phenoxy) is 1. The summed E-state index contributed by atoms with van der Waals surface area (Å²) in [5, 5.41) is 3.08. The van der Waals surface area contributed by atoms with Gasteiger partial charge in [0, 0.05) is 31.4 Å². The minimum absolute atomic E-state index is 0.0675. The van der Waals surface area contributed by atoms with Crippen LogP contribution in [-0.4, -0.2) is 44.3 Å². The topological polar surface area (TPSA) is 65.6 Å². The monoisotopic (exact) mass is 332 g/mol. The van der Waals surface area contributed by atoms with E-state index >= 15 is 0 Å². The second-order valence-electron chi connectivity index (χ2n) is 6.51. The first-order valence-electron chi connectivity index (χ1n) is 8.97. The van der Waals surface area contributed by atoms with Crippen molar-refractivity contribution in [3.63, 3.8) is 0 Å². The molecule has 2 atom stereocenters. The summed E-state index contributed by atoms with van der Waals surface area (Å²) in [5.74, 6) is 0.0675. The number of nitrogens with zero attached hydrogens (tertiary/aromatic N) is 1. The number of nitrogens with one attached hydrogen (secondary N) is 3. The van der Waals surface area contributed by atoms with Crippen molar-refractivity contribution >= 4 is 11.6 Å². The summed E-state index contributed by atoms with van der Waals surface area (Å²) in [6.07, 6.45) is 3.07. The Morgan fingerprint density at radius 1 is 1.29 bits per heavy atom. The number of hydrogen-bond donors (Lipinski definition) is 3. The third-order valence-electron chi connectivity index (χ3n) is 4.73. The predicted molar refractivity (Wildman–Crippen MR) is 94.7 cm³/mol. The fraction of sp³-hybridized carbons (Fsp3) is 0.611. The summed E-state index contributed by atoms with van der Waals surface area (Å²) in [7, 11) is 0. The molecule has 2 unspecified atom stereocenters. The Morgan fingerprint density at radius 3 is 2.88 bits per heavy atom. The second-order valence-corrected chi connectivity index (χ2v) is 6.51. The summed E-state index contributed by atoms with van der Waals surface area (Å²) in [4.78, 5) is 14.7. The SMILES string of the molecule is CCCC1CC(C(=O)NCc2ccccc2N2CCOCC2)NN1. The van der Waals surface area contributed by atoms with Crippen molar-refractivity contribution in [2.24, 2.45) is 0 Å². The molecule has 0 bridgehead atoms. The van der Waals surface area contributed by atoms with Crippen molar-refractivity contribution in [3.05, 3.63) is 29.8 Å². The summed E-state index contributed by atoms with van der Waals surface area (Å²) < 4.78 is 5.43. The molecule has 3 rings (SSSR count). The van der Waals surface area contributed by atoms with E-state index in [-0.39, 0.29) is 11.9 Å². The Kier molecular flexibility index (Phi) is 6.07. The van der Waals surface area contributed by atoms with Crippen molar-refractivity contribution in [2.45, 2.75) is 44.8 Å². The first kappa shape index (κ1) is 17.2. The third kappa shape index (κ3) is 4.26. The lowest BCUT2D eigenvalue weighted by Crippen LogP contribution is -2.43. The first-order valence-corrected chi connectivity index (χ1v) is 8.97. The Balaban J connectivity index is 1.56. The average Bonchev–Trinajstić information content (AvgIpc) is 3.10. The lowest BCUT2D eigenvalue weighted by molar-refractivity contribution is -0.123. The van der Waals surface area contributed by atoms with Gasteiger partial charge >= 0.3 is 0 Å². The van der Waals surface area contributed by atoms with Gasteiger partial charge < -0.3 is 15.0 Å². The molecule has 6 nitrogen and oxygen atoms in total. The number of para-hydroxylation sites is 1. The van der Waals surface area contributed by atoms with Gasteiger partial charge in [0.05, 0.1) is 13.2 Å². The lowest BCUT2D eigenvalue weighted by Gasteiger charge is -2.30. The minimum atomic E-state index is -0.142. The van der Waals surface area contributed by atoms with Crippen LogP contribution in [0.3, 0.4) is 0 Å². The van der Waals surface area contributed by atoms with E-state index in [0.717, 1.165) is 51.1 Å². The maximum absolute atomic E-state index is 12.4. The van der Waals surface area contributed by atoms with Gasteiger partial charge in [-0.1, -0.05) is 31.5 Å². The Morgan fingerprint density at radius 2 is 2.08 bits per heavy atom. The zero-order chi connectivity index (χ0) is 16.8. The van der Waals surface area contributed by atoms with Gasteiger partial charge in [-0.2, -0.15) is 0 Å². The molecule has 3 N–H and O–H groups in total. The molecule has 2 aliphatic rings. The van der Waals surface area contributed by atoms with E-state index in [4.69, 9.17) is 4.74 Å². The van der Waals surface area contributed by atoms with Crippen LogP contribution in [0.25, 0.3) is 0 Å². The minimum Gasteiger partial charge on any atom is -0.378 e. The molecule has 132 valence electrons. The summed E-state index contributed by atoms with van der Waals surface area (Å²) in [6.45, 7) is 6.05. The van der Waals surface area contributed by atoms with Crippen LogP contribution in [0.15, 0.2) is 24.3 Å². The smallest absolute Gasteiger partial charge is 0.238 e. The van der Waals surface area contributed by atoms with Crippen LogP contribution in [0, 0.1) is 0 Å². The molecule has 1 aromatic rings. The van der Waals surface area contributed by atoms with Crippen LogP contribution in [0.4, 0.5) is 5.69 Å². The number of anilines is 1. The molecule has 0 radical (unpaired) electrons. The third-order valence-corrected chi connectivity index (χ3v) is 4.73. The number of hydrogen-bond acceptors (Lipinski definition) is 5. The number of carbonyl (C=O) groups is 1. The number of rotatable bonds is 6. The van der Waals surface area contributed by atoms with E-state index in [0.29, 0.717) is 12.6 Å². The summed E-state index contributed by atoms with van der Waals surface area (Å²) >= 11 is 0. The van der Waals surface area contributed by atoms with Crippen LogP contribution in [0.5, 0.6) is 0 Å². The fourth-order valence-corrected chi connectivity index (χ4v) is 3.41. The molecule has 0 aromatic heterocycles. The standard InChI is InChI=1S/C18H28N4O2/c1-2-5-15-12-16(21-20-15)18(23)19-13-14-6-3-4-7-17(14)22-8-10-24-11-9-22/h3-4,6-7,15-16,20-21H,2,5,8-13H2,1H3,(H,19,23). The molecule has 6 heteroatoms. The molecule has 2 saturated heterocycles. The number of benzene rings is 1. The van der Waals surface area contributed by atoms with Gasteiger partial charge in [0.15, 0.2) is 0 Å². The van der Waals surface area contributed by atoms with Gasteiger partial charge in [-0.15, -0.1) is 0 Å². The van der Waals surface area contributed by atoms with Crippen molar-refractivity contribution in [1.82, 2.24) is 16.2 Å². The fourth-order valence-electron chi connectivity index (χ4n) is 3.41. The van der Waals surface area contributed by atoms with Crippen molar-refractivity contribution in [2.75, 3.05) is 31.2 Å². The van der Waals surface area contributed by atoms with Gasteiger partial charge in [0.2, 0.25) is 5.91 Å². The van der Waals surface area contributed by atoms with Crippen molar-refractivity contribution < 1.29 is 9.53 Å². The van der Waals surface area contributed by atoms with E-state index in [1.165, 1.54) is 5.69 Å². The van der Waals surface area contributed by atoms with Crippen LogP contribution >= 0.6 is 0 Å². The van der Waals surface area contributed by atoms with E-state index in [2.05, 4.69) is 40.1 Å². The molecule has 24 heavy (non-hydrogen) atoms. The van der Waals surface area contributed by atoms with Gasteiger partial charge in [0.25, 0.3) is 0 Å². The van der Waals surface area contributed by atoms with Crippen LogP contribution in [0.1, 0.15) is 31.7 Å². The van der Waals surface area contributed by atoms with Crippen molar-refractivity contribution in [1.29, 1.82) is 0 Å². The Bertz CT molecular complexity index is 546. The average molecular weight is 332 g/mol. The normalized spacial score (nSPS) is 24.1. The van der Waals surface area contributed by atoms with Crippen molar-refractivity contribution in [3.8, 4) is 0 Å². The molecule has 0 aliphatic carbocycles.